The van der Waals surface area contributed by atoms with Crippen molar-refractivity contribution in [3.8, 4) is 0 Å². The summed E-state index contributed by atoms with van der Waals surface area (Å²) in [6, 6.07) is 3.80. The van der Waals surface area contributed by atoms with E-state index in [9.17, 15) is 14.5 Å². The number of non-ortho nitro benzene ring substituents is 1. The molecular formula is C11H13FN2O3. The van der Waals surface area contributed by atoms with Gasteiger partial charge in [-0.2, -0.15) is 0 Å². The van der Waals surface area contributed by atoms with Crippen LogP contribution >= 0.6 is 0 Å². The second kappa shape index (κ2) is 4.67. The van der Waals surface area contributed by atoms with E-state index < -0.39 is 10.7 Å². The summed E-state index contributed by atoms with van der Waals surface area (Å²) in [5.74, 6) is -0.562. The van der Waals surface area contributed by atoms with Gasteiger partial charge < -0.3 is 9.64 Å². The molecular weight excluding hydrogens is 227 g/mol. The normalized spacial score (nSPS) is 20.4. The van der Waals surface area contributed by atoms with Crippen molar-refractivity contribution in [3.63, 3.8) is 0 Å². The van der Waals surface area contributed by atoms with Gasteiger partial charge in [-0.15, -0.1) is 0 Å². The first-order valence-corrected chi connectivity index (χ1v) is 5.38. The first-order chi connectivity index (χ1) is 8.09. The van der Waals surface area contributed by atoms with E-state index in [4.69, 9.17) is 4.74 Å². The molecule has 0 saturated carbocycles. The van der Waals surface area contributed by atoms with Crippen LogP contribution in [-0.2, 0) is 4.74 Å². The Morgan fingerprint density at radius 2 is 2.35 bits per heavy atom. The van der Waals surface area contributed by atoms with Crippen LogP contribution in [-0.4, -0.2) is 30.7 Å². The minimum atomic E-state index is -0.602. The molecule has 0 spiro atoms. The first-order valence-electron chi connectivity index (χ1n) is 5.38. The predicted octanol–water partition coefficient (Wildman–Crippen LogP) is 1.96. The molecule has 0 aliphatic carbocycles. The van der Waals surface area contributed by atoms with Gasteiger partial charge in [0.15, 0.2) is 5.82 Å². The Kier molecular flexibility index (Phi) is 3.23. The summed E-state index contributed by atoms with van der Waals surface area (Å²) in [5.41, 5.74) is 0.165. The summed E-state index contributed by atoms with van der Waals surface area (Å²) >= 11 is 0. The zero-order valence-electron chi connectivity index (χ0n) is 9.43. The molecule has 17 heavy (non-hydrogen) atoms. The number of nitrogens with zero attached hydrogens (tertiary/aromatic N) is 2. The minimum Gasteiger partial charge on any atom is -0.377 e. The third kappa shape index (κ3) is 2.36. The van der Waals surface area contributed by atoms with Gasteiger partial charge in [-0.25, -0.2) is 4.39 Å². The third-order valence-corrected chi connectivity index (χ3v) is 2.82. The Labute approximate surface area is 97.9 Å². The highest BCUT2D eigenvalue weighted by molar-refractivity contribution is 5.53. The van der Waals surface area contributed by atoms with Gasteiger partial charge in [0.05, 0.1) is 29.9 Å². The molecule has 1 aliphatic rings. The van der Waals surface area contributed by atoms with Gasteiger partial charge in [0.1, 0.15) is 0 Å². The molecule has 2 rings (SSSR count). The fourth-order valence-corrected chi connectivity index (χ4v) is 1.93. The van der Waals surface area contributed by atoms with Gasteiger partial charge in [-0.3, -0.25) is 10.1 Å². The number of hydrogen-bond donors (Lipinski definition) is 0. The maximum Gasteiger partial charge on any atom is 0.272 e. The lowest BCUT2D eigenvalue weighted by atomic mass is 10.2. The van der Waals surface area contributed by atoms with E-state index >= 15 is 0 Å². The smallest absolute Gasteiger partial charge is 0.272 e. The van der Waals surface area contributed by atoms with Crippen LogP contribution in [0.4, 0.5) is 15.8 Å². The molecule has 1 fully saturated rings. The Bertz CT molecular complexity index is 439. The molecule has 0 amide bonds. The third-order valence-electron chi connectivity index (χ3n) is 2.82. The molecule has 0 radical (unpaired) electrons. The largest absolute Gasteiger partial charge is 0.377 e. The number of morpholine rings is 1. The second-order valence-corrected chi connectivity index (χ2v) is 4.01. The van der Waals surface area contributed by atoms with Gasteiger partial charge in [0.25, 0.3) is 5.69 Å². The van der Waals surface area contributed by atoms with Gasteiger partial charge >= 0.3 is 0 Å². The molecule has 1 aromatic carbocycles. The van der Waals surface area contributed by atoms with Gasteiger partial charge in [0.2, 0.25) is 0 Å². The van der Waals surface area contributed by atoms with Crippen molar-refractivity contribution < 1.29 is 14.1 Å². The number of benzene rings is 1. The Morgan fingerprint density at radius 1 is 1.59 bits per heavy atom. The number of anilines is 1. The number of nitro groups is 1. The molecule has 0 N–H and O–H groups in total. The van der Waals surface area contributed by atoms with E-state index in [1.54, 1.807) is 0 Å². The molecule has 1 heterocycles. The van der Waals surface area contributed by atoms with Crippen LogP contribution in [0.5, 0.6) is 0 Å². The molecule has 1 saturated heterocycles. The van der Waals surface area contributed by atoms with E-state index in [-0.39, 0.29) is 11.7 Å². The second-order valence-electron chi connectivity index (χ2n) is 4.01. The number of halogens is 1. The van der Waals surface area contributed by atoms with Gasteiger partial charge in [-0.1, -0.05) is 0 Å². The summed E-state index contributed by atoms with van der Waals surface area (Å²) in [7, 11) is 0. The maximum absolute atomic E-state index is 13.8. The Hall–Kier alpha value is -1.69. The lowest BCUT2D eigenvalue weighted by Gasteiger charge is -2.35. The quantitative estimate of drug-likeness (QED) is 0.585. The van der Waals surface area contributed by atoms with Crippen LogP contribution in [0.1, 0.15) is 6.92 Å². The number of rotatable bonds is 2. The van der Waals surface area contributed by atoms with Crippen molar-refractivity contribution in [2.45, 2.75) is 13.0 Å². The lowest BCUT2D eigenvalue weighted by Crippen LogP contribution is -2.44. The average Bonchev–Trinajstić information content (AvgIpc) is 2.30. The van der Waals surface area contributed by atoms with Crippen LogP contribution in [0.25, 0.3) is 0 Å². The SMILES string of the molecule is C[C@H]1COCCN1c1ccc([N+](=O)[O-])cc1F. The van der Waals surface area contributed by atoms with E-state index in [1.165, 1.54) is 12.1 Å². The lowest BCUT2D eigenvalue weighted by molar-refractivity contribution is -0.385. The zero-order valence-corrected chi connectivity index (χ0v) is 9.43. The molecule has 0 aromatic heterocycles. The predicted molar refractivity (Wildman–Crippen MR) is 60.7 cm³/mol. The monoisotopic (exact) mass is 240 g/mol. The van der Waals surface area contributed by atoms with Crippen molar-refractivity contribution in [3.05, 3.63) is 34.1 Å². The van der Waals surface area contributed by atoms with Crippen LogP contribution in [0, 0.1) is 15.9 Å². The molecule has 6 heteroatoms. The molecule has 1 atom stereocenters. The van der Waals surface area contributed by atoms with Crippen LogP contribution in [0.15, 0.2) is 18.2 Å². The minimum absolute atomic E-state index is 0.0692. The summed E-state index contributed by atoms with van der Waals surface area (Å²) in [5, 5.41) is 10.5. The molecule has 0 bridgehead atoms. The molecule has 1 aliphatic heterocycles. The number of ether oxygens (including phenoxy) is 1. The van der Waals surface area contributed by atoms with Crippen molar-refractivity contribution in [2.75, 3.05) is 24.7 Å². The van der Waals surface area contributed by atoms with Gasteiger partial charge in [-0.05, 0) is 13.0 Å². The topological polar surface area (TPSA) is 55.6 Å². The average molecular weight is 240 g/mol. The van der Waals surface area contributed by atoms with Crippen LogP contribution in [0.2, 0.25) is 0 Å². The molecule has 0 unspecified atom stereocenters. The molecule has 5 nitrogen and oxygen atoms in total. The van der Waals surface area contributed by atoms with E-state index in [2.05, 4.69) is 0 Å². The van der Waals surface area contributed by atoms with Crippen molar-refractivity contribution >= 4 is 11.4 Å². The summed E-state index contributed by atoms with van der Waals surface area (Å²) in [4.78, 5) is 11.8. The zero-order chi connectivity index (χ0) is 12.4. The maximum atomic E-state index is 13.8. The van der Waals surface area contributed by atoms with E-state index in [1.807, 2.05) is 11.8 Å². The summed E-state index contributed by atoms with van der Waals surface area (Å²) in [6.45, 7) is 3.60. The summed E-state index contributed by atoms with van der Waals surface area (Å²) < 4.78 is 19.0. The fraction of sp³-hybridized carbons (Fsp3) is 0.455. The van der Waals surface area contributed by atoms with E-state index in [0.717, 1.165) is 6.07 Å². The Balaban J connectivity index is 2.29. The number of hydrogen-bond acceptors (Lipinski definition) is 4. The first kappa shape index (κ1) is 11.8. The highest BCUT2D eigenvalue weighted by atomic mass is 19.1. The van der Waals surface area contributed by atoms with Crippen molar-refractivity contribution in [1.29, 1.82) is 0 Å². The standard InChI is InChI=1S/C11H13FN2O3/c1-8-7-17-5-4-13(8)11-3-2-9(14(15)16)6-10(11)12/h2-3,6,8H,4-5,7H2,1H3/t8-/m0/s1. The van der Waals surface area contributed by atoms with Gasteiger partial charge in [0, 0.05) is 18.7 Å². The van der Waals surface area contributed by atoms with Crippen molar-refractivity contribution in [1.82, 2.24) is 0 Å². The van der Waals surface area contributed by atoms with Crippen LogP contribution in [0.3, 0.4) is 0 Å². The highest BCUT2D eigenvalue weighted by Crippen LogP contribution is 2.26. The van der Waals surface area contributed by atoms with E-state index in [0.29, 0.717) is 25.4 Å². The van der Waals surface area contributed by atoms with Crippen LogP contribution < -0.4 is 4.90 Å². The highest BCUT2D eigenvalue weighted by Gasteiger charge is 2.22. The fourth-order valence-electron chi connectivity index (χ4n) is 1.93. The summed E-state index contributed by atoms with van der Waals surface area (Å²) in [6.07, 6.45) is 0. The molecule has 92 valence electrons. The number of nitro benzene ring substituents is 1. The van der Waals surface area contributed by atoms with Crippen molar-refractivity contribution in [2.24, 2.45) is 0 Å². The Morgan fingerprint density at radius 3 is 2.94 bits per heavy atom. The molecule has 1 aromatic rings.